The molecule has 1 amide bonds. The van der Waals surface area contributed by atoms with E-state index in [9.17, 15) is 13.6 Å². The van der Waals surface area contributed by atoms with Crippen LogP contribution in [0.1, 0.15) is 21.5 Å². The maximum absolute atomic E-state index is 13.2. The van der Waals surface area contributed by atoms with Crippen molar-refractivity contribution in [3.05, 3.63) is 58.7 Å². The molecule has 2 aromatic carbocycles. The van der Waals surface area contributed by atoms with Gasteiger partial charge in [-0.1, -0.05) is 12.1 Å². The van der Waals surface area contributed by atoms with Crippen molar-refractivity contribution in [2.24, 2.45) is 0 Å². The number of hydrogen-bond donors (Lipinski definition) is 2. The Morgan fingerprint density at radius 2 is 1.95 bits per heavy atom. The van der Waals surface area contributed by atoms with Gasteiger partial charge in [0.15, 0.2) is 11.6 Å². The van der Waals surface area contributed by atoms with Gasteiger partial charge in [-0.2, -0.15) is 5.26 Å². The Morgan fingerprint density at radius 3 is 2.62 bits per heavy atom. The first-order valence-corrected chi connectivity index (χ1v) is 5.99. The van der Waals surface area contributed by atoms with Crippen LogP contribution in [-0.2, 0) is 0 Å². The molecule has 21 heavy (non-hydrogen) atoms. The number of nitriles is 1. The highest BCUT2D eigenvalue weighted by atomic mass is 19.2. The summed E-state index contributed by atoms with van der Waals surface area (Å²) in [6.45, 7) is 1.72. The third kappa shape index (κ3) is 2.82. The molecule has 0 saturated heterocycles. The fourth-order valence-electron chi connectivity index (χ4n) is 1.87. The van der Waals surface area contributed by atoms with E-state index in [1.165, 1.54) is 0 Å². The highest BCUT2D eigenvalue weighted by molar-refractivity contribution is 6.08. The lowest BCUT2D eigenvalue weighted by molar-refractivity contribution is 0.102. The van der Waals surface area contributed by atoms with Crippen LogP contribution in [0.15, 0.2) is 30.3 Å². The SMILES string of the molecule is Cc1cccc(NC(=O)c2cc(F)c(F)cc2N)c1C#N. The average molecular weight is 287 g/mol. The van der Waals surface area contributed by atoms with Gasteiger partial charge in [-0.25, -0.2) is 8.78 Å². The first-order chi connectivity index (χ1) is 9.93. The molecule has 0 bridgehead atoms. The van der Waals surface area contributed by atoms with Gasteiger partial charge in [0.2, 0.25) is 0 Å². The number of nitrogens with two attached hydrogens (primary N) is 1. The number of amides is 1. The van der Waals surface area contributed by atoms with Crippen LogP contribution in [0.3, 0.4) is 0 Å². The molecule has 0 spiro atoms. The fourth-order valence-corrected chi connectivity index (χ4v) is 1.87. The molecule has 0 unspecified atom stereocenters. The lowest BCUT2D eigenvalue weighted by Crippen LogP contribution is -2.16. The number of benzene rings is 2. The topological polar surface area (TPSA) is 78.9 Å². The van der Waals surface area contributed by atoms with Crippen molar-refractivity contribution >= 4 is 17.3 Å². The van der Waals surface area contributed by atoms with Crippen LogP contribution in [0, 0.1) is 29.9 Å². The summed E-state index contributed by atoms with van der Waals surface area (Å²) in [7, 11) is 0. The first-order valence-electron chi connectivity index (χ1n) is 5.99. The number of halogens is 2. The van der Waals surface area contributed by atoms with Crippen LogP contribution in [-0.4, -0.2) is 5.91 Å². The van der Waals surface area contributed by atoms with Gasteiger partial charge in [-0.3, -0.25) is 4.79 Å². The van der Waals surface area contributed by atoms with Crippen LogP contribution in [0.25, 0.3) is 0 Å². The molecule has 0 heterocycles. The Hall–Kier alpha value is -2.94. The minimum Gasteiger partial charge on any atom is -0.398 e. The molecular weight excluding hydrogens is 276 g/mol. The van der Waals surface area contributed by atoms with Gasteiger partial charge < -0.3 is 11.1 Å². The van der Waals surface area contributed by atoms with Crippen molar-refractivity contribution < 1.29 is 13.6 Å². The molecule has 2 aromatic rings. The Balaban J connectivity index is 2.38. The van der Waals surface area contributed by atoms with Crippen molar-refractivity contribution in [3.63, 3.8) is 0 Å². The number of hydrogen-bond acceptors (Lipinski definition) is 3. The second kappa shape index (κ2) is 5.59. The Kier molecular flexibility index (Phi) is 3.85. The molecule has 0 fully saturated rings. The highest BCUT2D eigenvalue weighted by Gasteiger charge is 2.16. The first kappa shape index (κ1) is 14.5. The van der Waals surface area contributed by atoms with Crippen molar-refractivity contribution in [3.8, 4) is 6.07 Å². The smallest absolute Gasteiger partial charge is 0.257 e. The maximum Gasteiger partial charge on any atom is 0.257 e. The van der Waals surface area contributed by atoms with E-state index in [2.05, 4.69) is 5.32 Å². The van der Waals surface area contributed by atoms with E-state index >= 15 is 0 Å². The van der Waals surface area contributed by atoms with E-state index in [-0.39, 0.29) is 16.9 Å². The zero-order valence-electron chi connectivity index (χ0n) is 11.1. The monoisotopic (exact) mass is 287 g/mol. The third-order valence-electron chi connectivity index (χ3n) is 2.97. The second-order valence-corrected chi connectivity index (χ2v) is 4.42. The number of anilines is 2. The number of aryl methyl sites for hydroxylation is 1. The summed E-state index contributed by atoms with van der Waals surface area (Å²) in [6.07, 6.45) is 0. The Bertz CT molecular complexity index is 766. The van der Waals surface area contributed by atoms with Crippen LogP contribution < -0.4 is 11.1 Å². The number of nitrogen functional groups attached to an aromatic ring is 1. The summed E-state index contributed by atoms with van der Waals surface area (Å²) in [5, 5.41) is 11.6. The zero-order chi connectivity index (χ0) is 15.6. The van der Waals surface area contributed by atoms with E-state index in [0.29, 0.717) is 11.1 Å². The van der Waals surface area contributed by atoms with Crippen molar-refractivity contribution in [1.29, 1.82) is 5.26 Å². The normalized spacial score (nSPS) is 10.0. The van der Waals surface area contributed by atoms with Crippen molar-refractivity contribution in [2.45, 2.75) is 6.92 Å². The summed E-state index contributed by atoms with van der Waals surface area (Å²) in [6, 6.07) is 8.37. The quantitative estimate of drug-likeness (QED) is 0.833. The molecular formula is C15H11F2N3O. The number of carbonyl (C=O) groups is 1. The van der Waals surface area contributed by atoms with Crippen LogP contribution >= 0.6 is 0 Å². The molecule has 0 aliphatic carbocycles. The number of nitrogens with one attached hydrogen (secondary N) is 1. The zero-order valence-corrected chi connectivity index (χ0v) is 11.1. The molecule has 0 atom stereocenters. The van der Waals surface area contributed by atoms with Gasteiger partial charge in [0.25, 0.3) is 5.91 Å². The molecule has 4 nitrogen and oxygen atoms in total. The van der Waals surface area contributed by atoms with E-state index in [1.807, 2.05) is 6.07 Å². The summed E-state index contributed by atoms with van der Waals surface area (Å²) < 4.78 is 26.2. The van der Waals surface area contributed by atoms with E-state index < -0.39 is 17.5 Å². The fraction of sp³-hybridized carbons (Fsp3) is 0.0667. The summed E-state index contributed by atoms with van der Waals surface area (Å²) in [5.74, 6) is -3.01. The molecule has 0 aliphatic heterocycles. The molecule has 0 aliphatic rings. The third-order valence-corrected chi connectivity index (χ3v) is 2.97. The van der Waals surface area contributed by atoms with Gasteiger partial charge >= 0.3 is 0 Å². The number of carbonyl (C=O) groups excluding carboxylic acids is 1. The van der Waals surface area contributed by atoms with E-state index in [1.54, 1.807) is 25.1 Å². The van der Waals surface area contributed by atoms with Crippen molar-refractivity contribution in [1.82, 2.24) is 0 Å². The number of rotatable bonds is 2. The largest absolute Gasteiger partial charge is 0.398 e. The van der Waals surface area contributed by atoms with Gasteiger partial charge in [-0.15, -0.1) is 0 Å². The van der Waals surface area contributed by atoms with Crippen LogP contribution in [0.5, 0.6) is 0 Å². The summed E-state index contributed by atoms with van der Waals surface area (Å²) in [4.78, 5) is 12.1. The molecule has 0 saturated carbocycles. The molecule has 2 rings (SSSR count). The average Bonchev–Trinajstić information content (AvgIpc) is 2.43. The van der Waals surface area contributed by atoms with Crippen LogP contribution in [0.4, 0.5) is 20.2 Å². The molecule has 0 radical (unpaired) electrons. The number of nitrogens with zero attached hydrogens (tertiary/aromatic N) is 1. The van der Waals surface area contributed by atoms with Crippen molar-refractivity contribution in [2.75, 3.05) is 11.1 Å². The summed E-state index contributed by atoms with van der Waals surface area (Å²) in [5.41, 5.74) is 6.41. The summed E-state index contributed by atoms with van der Waals surface area (Å²) >= 11 is 0. The maximum atomic E-state index is 13.2. The Labute approximate surface area is 119 Å². The minimum atomic E-state index is -1.17. The lowest BCUT2D eigenvalue weighted by Gasteiger charge is -2.10. The molecule has 106 valence electrons. The van der Waals surface area contributed by atoms with Crippen LogP contribution in [0.2, 0.25) is 0 Å². The van der Waals surface area contributed by atoms with E-state index in [4.69, 9.17) is 11.0 Å². The Morgan fingerprint density at radius 1 is 1.29 bits per heavy atom. The lowest BCUT2D eigenvalue weighted by atomic mass is 10.1. The van der Waals surface area contributed by atoms with Gasteiger partial charge in [0, 0.05) is 11.8 Å². The van der Waals surface area contributed by atoms with Gasteiger partial charge in [0.05, 0.1) is 16.8 Å². The second-order valence-electron chi connectivity index (χ2n) is 4.42. The van der Waals surface area contributed by atoms with E-state index in [0.717, 1.165) is 12.1 Å². The highest BCUT2D eigenvalue weighted by Crippen LogP contribution is 2.22. The minimum absolute atomic E-state index is 0.183. The molecule has 0 aromatic heterocycles. The predicted molar refractivity (Wildman–Crippen MR) is 74.6 cm³/mol. The predicted octanol–water partition coefficient (Wildman–Crippen LogP) is 2.98. The van der Waals surface area contributed by atoms with Gasteiger partial charge in [-0.05, 0) is 24.6 Å². The molecule has 6 heteroatoms. The standard InChI is InChI=1S/C15H11F2N3O/c1-8-3-2-4-14(10(8)7-18)20-15(21)9-5-11(16)12(17)6-13(9)19/h2-6H,19H2,1H3,(H,20,21). The molecule has 3 N–H and O–H groups in total. The van der Waals surface area contributed by atoms with Gasteiger partial charge in [0.1, 0.15) is 6.07 Å².